The molecule has 0 bridgehead atoms. The fraction of sp³-hybridized carbons (Fsp3) is 0.176. The summed E-state index contributed by atoms with van der Waals surface area (Å²) in [6.45, 7) is 5.82. The Morgan fingerprint density at radius 2 is 1.63 bits per heavy atom. The Hall–Kier alpha value is -2.40. The molecule has 1 aromatic carbocycles. The van der Waals surface area contributed by atoms with E-state index in [1.807, 2.05) is 39.0 Å². The van der Waals surface area contributed by atoms with Gasteiger partial charge in [-0.1, -0.05) is 24.3 Å². The van der Waals surface area contributed by atoms with E-state index >= 15 is 0 Å². The van der Waals surface area contributed by atoms with Crippen LogP contribution in [-0.4, -0.2) is 4.98 Å². The van der Waals surface area contributed by atoms with Crippen LogP contribution in [0, 0.1) is 25.2 Å². The second-order valence-corrected chi connectivity index (χ2v) is 4.70. The zero-order valence-corrected chi connectivity index (χ0v) is 11.4. The van der Waals surface area contributed by atoms with Gasteiger partial charge in [0.25, 0.3) is 0 Å². The highest BCUT2D eigenvalue weighted by atomic mass is 14.7. The van der Waals surface area contributed by atoms with Crippen molar-refractivity contribution in [1.29, 1.82) is 5.26 Å². The first-order valence-corrected chi connectivity index (χ1v) is 6.22. The van der Waals surface area contributed by atoms with Crippen LogP contribution < -0.4 is 0 Å². The summed E-state index contributed by atoms with van der Waals surface area (Å²) < 4.78 is 0. The van der Waals surface area contributed by atoms with Crippen LogP contribution in [-0.2, 0) is 0 Å². The Morgan fingerprint density at radius 3 is 2.16 bits per heavy atom. The lowest BCUT2D eigenvalue weighted by molar-refractivity contribution is 1.12. The van der Waals surface area contributed by atoms with Crippen LogP contribution >= 0.6 is 0 Å². The summed E-state index contributed by atoms with van der Waals surface area (Å²) in [6.07, 6.45) is 1.88. The lowest BCUT2D eigenvalue weighted by atomic mass is 10.0. The Bertz CT molecular complexity index is 638. The molecule has 0 amide bonds. The number of hydrogen-bond donors (Lipinski definition) is 0. The number of rotatable bonds is 2. The molecule has 1 heterocycles. The van der Waals surface area contributed by atoms with Crippen LogP contribution in [0.25, 0.3) is 17.2 Å². The van der Waals surface area contributed by atoms with Crippen molar-refractivity contribution in [1.82, 2.24) is 4.98 Å². The summed E-state index contributed by atoms with van der Waals surface area (Å²) in [5.41, 5.74) is 6.16. The van der Waals surface area contributed by atoms with E-state index < -0.39 is 0 Å². The molecular weight excluding hydrogens is 232 g/mol. The van der Waals surface area contributed by atoms with Crippen molar-refractivity contribution in [2.75, 3.05) is 0 Å². The number of allylic oxidation sites excluding steroid dienone is 1. The zero-order chi connectivity index (χ0) is 13.8. The summed E-state index contributed by atoms with van der Waals surface area (Å²) in [5, 5.41) is 8.76. The maximum Gasteiger partial charge on any atom is 0.0944 e. The molecule has 0 atom stereocenters. The summed E-state index contributed by atoms with van der Waals surface area (Å²) >= 11 is 0. The van der Waals surface area contributed by atoms with E-state index in [1.54, 1.807) is 0 Å². The van der Waals surface area contributed by atoms with Gasteiger partial charge in [0.1, 0.15) is 0 Å². The molecule has 19 heavy (non-hydrogen) atoms. The average molecular weight is 248 g/mol. The van der Waals surface area contributed by atoms with Crippen molar-refractivity contribution in [3.05, 3.63) is 58.9 Å². The van der Waals surface area contributed by atoms with Crippen LogP contribution in [0.2, 0.25) is 0 Å². The fourth-order valence-electron chi connectivity index (χ4n) is 2.06. The fourth-order valence-corrected chi connectivity index (χ4v) is 2.06. The van der Waals surface area contributed by atoms with Gasteiger partial charge >= 0.3 is 0 Å². The van der Waals surface area contributed by atoms with Gasteiger partial charge in [-0.25, -0.2) is 0 Å². The summed E-state index contributed by atoms with van der Waals surface area (Å²) in [7, 11) is 0. The van der Waals surface area contributed by atoms with Gasteiger partial charge in [0, 0.05) is 17.0 Å². The van der Waals surface area contributed by atoms with E-state index in [-0.39, 0.29) is 0 Å². The molecule has 0 aliphatic rings. The van der Waals surface area contributed by atoms with Gasteiger partial charge < -0.3 is 0 Å². The Labute approximate surface area is 114 Å². The Kier molecular flexibility index (Phi) is 3.77. The molecule has 2 rings (SSSR count). The number of aryl methyl sites for hydroxylation is 2. The third-order valence-electron chi connectivity index (χ3n) is 2.89. The van der Waals surface area contributed by atoms with E-state index in [0.717, 1.165) is 17.0 Å². The predicted octanol–water partition coefficient (Wildman–Crippen LogP) is 4.29. The molecular formula is C17H16N2. The highest BCUT2D eigenvalue weighted by molar-refractivity contribution is 5.67. The van der Waals surface area contributed by atoms with Crippen molar-refractivity contribution in [2.45, 2.75) is 20.8 Å². The number of aromatic nitrogens is 1. The van der Waals surface area contributed by atoms with Crippen molar-refractivity contribution in [3.63, 3.8) is 0 Å². The second-order valence-electron chi connectivity index (χ2n) is 4.70. The van der Waals surface area contributed by atoms with E-state index in [1.165, 1.54) is 11.1 Å². The van der Waals surface area contributed by atoms with Gasteiger partial charge in [-0.2, -0.15) is 5.26 Å². The summed E-state index contributed by atoms with van der Waals surface area (Å²) in [5.74, 6) is 0. The number of hydrogen-bond acceptors (Lipinski definition) is 2. The van der Waals surface area contributed by atoms with E-state index in [9.17, 15) is 0 Å². The maximum absolute atomic E-state index is 8.76. The third kappa shape index (κ3) is 3.29. The standard InChI is InChI=1S/C17H16N2/c1-12(11-18)8-15-4-6-16(7-5-15)17-9-13(2)19-14(3)10-17/h4-10H,1-3H3/b12-8+. The SMILES string of the molecule is C/C(C#N)=C\c1ccc(-c2cc(C)nc(C)c2)cc1. The number of nitriles is 1. The highest BCUT2D eigenvalue weighted by Crippen LogP contribution is 2.22. The molecule has 1 aromatic heterocycles. The van der Waals surface area contributed by atoms with E-state index in [0.29, 0.717) is 5.57 Å². The molecule has 0 N–H and O–H groups in total. The Morgan fingerprint density at radius 1 is 1.05 bits per heavy atom. The maximum atomic E-state index is 8.76. The quantitative estimate of drug-likeness (QED) is 0.743. The molecule has 0 saturated carbocycles. The van der Waals surface area contributed by atoms with Crippen LogP contribution in [0.4, 0.5) is 0 Å². The molecule has 2 nitrogen and oxygen atoms in total. The molecule has 0 fully saturated rings. The first kappa shape index (κ1) is 13.0. The molecule has 2 heteroatoms. The lowest BCUT2D eigenvalue weighted by Crippen LogP contribution is -1.88. The molecule has 0 spiro atoms. The first-order chi connectivity index (χ1) is 9.08. The second kappa shape index (κ2) is 5.49. The van der Waals surface area contributed by atoms with Crippen LogP contribution in [0.1, 0.15) is 23.9 Å². The average Bonchev–Trinajstić information content (AvgIpc) is 2.38. The highest BCUT2D eigenvalue weighted by Gasteiger charge is 2.00. The van der Waals surface area contributed by atoms with Crippen molar-refractivity contribution < 1.29 is 0 Å². The molecule has 0 aliphatic heterocycles. The molecule has 94 valence electrons. The molecule has 0 saturated heterocycles. The summed E-state index contributed by atoms with van der Waals surface area (Å²) in [6, 6.07) is 14.5. The minimum Gasteiger partial charge on any atom is -0.258 e. The van der Waals surface area contributed by atoms with Crippen molar-refractivity contribution in [3.8, 4) is 17.2 Å². The minimum atomic E-state index is 0.711. The van der Waals surface area contributed by atoms with Gasteiger partial charge in [-0.05, 0) is 55.7 Å². The first-order valence-electron chi connectivity index (χ1n) is 6.22. The van der Waals surface area contributed by atoms with Gasteiger partial charge in [0.2, 0.25) is 0 Å². The Balaban J connectivity index is 2.35. The van der Waals surface area contributed by atoms with E-state index in [4.69, 9.17) is 5.26 Å². The minimum absolute atomic E-state index is 0.711. The van der Waals surface area contributed by atoms with Gasteiger partial charge in [-0.3, -0.25) is 4.98 Å². The monoisotopic (exact) mass is 248 g/mol. The lowest BCUT2D eigenvalue weighted by Gasteiger charge is -2.05. The molecule has 0 aliphatic carbocycles. The van der Waals surface area contributed by atoms with Crippen LogP contribution in [0.15, 0.2) is 42.0 Å². The van der Waals surface area contributed by atoms with Crippen molar-refractivity contribution in [2.24, 2.45) is 0 Å². The van der Waals surface area contributed by atoms with Crippen LogP contribution in [0.3, 0.4) is 0 Å². The molecule has 0 unspecified atom stereocenters. The largest absolute Gasteiger partial charge is 0.258 e. The zero-order valence-electron chi connectivity index (χ0n) is 11.4. The number of nitrogens with zero attached hydrogens (tertiary/aromatic N) is 2. The van der Waals surface area contributed by atoms with Gasteiger partial charge in [0.15, 0.2) is 0 Å². The van der Waals surface area contributed by atoms with Crippen LogP contribution in [0.5, 0.6) is 0 Å². The molecule has 0 radical (unpaired) electrons. The van der Waals surface area contributed by atoms with Gasteiger partial charge in [0.05, 0.1) is 6.07 Å². The third-order valence-corrected chi connectivity index (χ3v) is 2.89. The molecule has 2 aromatic rings. The normalized spacial score (nSPS) is 11.2. The smallest absolute Gasteiger partial charge is 0.0944 e. The number of pyridine rings is 1. The predicted molar refractivity (Wildman–Crippen MR) is 78.4 cm³/mol. The van der Waals surface area contributed by atoms with Gasteiger partial charge in [-0.15, -0.1) is 0 Å². The summed E-state index contributed by atoms with van der Waals surface area (Å²) in [4.78, 5) is 4.38. The number of benzene rings is 1. The van der Waals surface area contributed by atoms with Crippen molar-refractivity contribution >= 4 is 6.08 Å². The topological polar surface area (TPSA) is 36.7 Å². The van der Waals surface area contributed by atoms with E-state index in [2.05, 4.69) is 35.3 Å².